The number of rotatable bonds is 4. The minimum absolute atomic E-state index is 0.0159. The van der Waals surface area contributed by atoms with E-state index in [0.29, 0.717) is 17.1 Å². The van der Waals surface area contributed by atoms with Crippen molar-refractivity contribution in [3.8, 4) is 0 Å². The molecule has 0 aliphatic carbocycles. The van der Waals surface area contributed by atoms with Crippen molar-refractivity contribution in [1.29, 1.82) is 0 Å². The monoisotopic (exact) mass is 328 g/mol. The first-order chi connectivity index (χ1) is 8.31. The average Bonchev–Trinajstić information content (AvgIpc) is 2.26. The molecule has 1 atom stereocenters. The van der Waals surface area contributed by atoms with Crippen LogP contribution in [0.25, 0.3) is 0 Å². The zero-order valence-electron chi connectivity index (χ0n) is 10.7. The summed E-state index contributed by atoms with van der Waals surface area (Å²) in [7, 11) is 1.76. The van der Waals surface area contributed by atoms with Gasteiger partial charge in [-0.2, -0.15) is 0 Å². The number of carbonyl (C=O) groups excluding carboxylic acids is 1. The van der Waals surface area contributed by atoms with Gasteiger partial charge >= 0.3 is 0 Å². The maximum absolute atomic E-state index is 12.2. The summed E-state index contributed by atoms with van der Waals surface area (Å²) in [6.07, 6.45) is 0. The van der Waals surface area contributed by atoms with Gasteiger partial charge in [0, 0.05) is 29.5 Å². The molecule has 0 aliphatic rings. The molecular formula is C13H17BrN2OS. The summed E-state index contributed by atoms with van der Waals surface area (Å²) in [5, 5.41) is 0. The fraction of sp³-hybridized carbons (Fsp3) is 0.385. The molecule has 5 heteroatoms. The Hall–Kier alpha value is -0.940. The Kier molecular flexibility index (Phi) is 5.28. The van der Waals surface area contributed by atoms with Crippen LogP contribution in [0.3, 0.4) is 0 Å². The Morgan fingerprint density at radius 2 is 2.11 bits per heavy atom. The minimum atomic E-state index is -0.0255. The number of amides is 1. The number of hydrogen-bond acceptors (Lipinski definition) is 2. The Morgan fingerprint density at radius 1 is 1.50 bits per heavy atom. The molecular weight excluding hydrogens is 312 g/mol. The van der Waals surface area contributed by atoms with E-state index >= 15 is 0 Å². The maximum atomic E-state index is 12.2. The van der Waals surface area contributed by atoms with Crippen LogP contribution in [-0.2, 0) is 0 Å². The third-order valence-corrected chi connectivity index (χ3v) is 3.53. The van der Waals surface area contributed by atoms with Gasteiger partial charge in [0.05, 0.1) is 4.99 Å². The molecule has 2 N–H and O–H groups in total. The van der Waals surface area contributed by atoms with Crippen molar-refractivity contribution < 1.29 is 4.79 Å². The van der Waals surface area contributed by atoms with Gasteiger partial charge in [-0.3, -0.25) is 4.79 Å². The van der Waals surface area contributed by atoms with E-state index in [1.807, 2.05) is 32.0 Å². The molecule has 3 nitrogen and oxygen atoms in total. The van der Waals surface area contributed by atoms with Gasteiger partial charge in [0.1, 0.15) is 0 Å². The quantitative estimate of drug-likeness (QED) is 0.864. The zero-order valence-corrected chi connectivity index (χ0v) is 13.1. The molecule has 1 rings (SSSR count). The molecule has 98 valence electrons. The standard InChI is InChI=1S/C13H17BrN2OS/c1-8-4-10(6-11(14)5-8)13(17)16(3)7-9(2)12(15)18/h4-6,9H,7H2,1-3H3,(H2,15,18). The summed E-state index contributed by atoms with van der Waals surface area (Å²) in [5.41, 5.74) is 7.27. The summed E-state index contributed by atoms with van der Waals surface area (Å²) >= 11 is 8.31. The molecule has 0 fully saturated rings. The largest absolute Gasteiger partial charge is 0.393 e. The predicted octanol–water partition coefficient (Wildman–Crippen LogP) is 2.75. The zero-order chi connectivity index (χ0) is 13.9. The molecule has 18 heavy (non-hydrogen) atoms. The lowest BCUT2D eigenvalue weighted by molar-refractivity contribution is 0.0787. The summed E-state index contributed by atoms with van der Waals surface area (Å²) in [4.78, 5) is 14.3. The van der Waals surface area contributed by atoms with Gasteiger partial charge in [-0.25, -0.2) is 0 Å². The van der Waals surface area contributed by atoms with Crippen LogP contribution in [0.2, 0.25) is 0 Å². The highest BCUT2D eigenvalue weighted by Crippen LogP contribution is 2.17. The van der Waals surface area contributed by atoms with Gasteiger partial charge in [0.2, 0.25) is 0 Å². The number of benzene rings is 1. The Balaban J connectivity index is 2.83. The number of aryl methyl sites for hydroxylation is 1. The van der Waals surface area contributed by atoms with Crippen molar-refractivity contribution in [3.05, 3.63) is 33.8 Å². The summed E-state index contributed by atoms with van der Waals surface area (Å²) in [6, 6.07) is 5.65. The fourth-order valence-corrected chi connectivity index (χ4v) is 2.35. The van der Waals surface area contributed by atoms with Crippen LogP contribution in [0.15, 0.2) is 22.7 Å². The predicted molar refractivity (Wildman–Crippen MR) is 81.8 cm³/mol. The van der Waals surface area contributed by atoms with Gasteiger partial charge in [-0.1, -0.05) is 35.1 Å². The number of thiocarbonyl (C=S) groups is 1. The highest BCUT2D eigenvalue weighted by molar-refractivity contribution is 9.10. The first-order valence-electron chi connectivity index (χ1n) is 5.63. The lowest BCUT2D eigenvalue weighted by atomic mass is 10.1. The molecule has 0 aliphatic heterocycles. The molecule has 0 bridgehead atoms. The van der Waals surface area contributed by atoms with Crippen LogP contribution < -0.4 is 5.73 Å². The summed E-state index contributed by atoms with van der Waals surface area (Å²) in [6.45, 7) is 4.40. The highest BCUT2D eigenvalue weighted by Gasteiger charge is 2.16. The topological polar surface area (TPSA) is 46.3 Å². The number of hydrogen-bond donors (Lipinski definition) is 1. The number of nitrogens with zero attached hydrogens (tertiary/aromatic N) is 1. The normalized spacial score (nSPS) is 12.0. The fourth-order valence-electron chi connectivity index (χ4n) is 1.66. The van der Waals surface area contributed by atoms with E-state index in [9.17, 15) is 4.79 Å². The lowest BCUT2D eigenvalue weighted by Crippen LogP contribution is -2.35. The molecule has 0 radical (unpaired) electrons. The van der Waals surface area contributed by atoms with E-state index in [-0.39, 0.29) is 11.8 Å². The average molecular weight is 329 g/mol. The van der Waals surface area contributed by atoms with Crippen molar-refractivity contribution in [3.63, 3.8) is 0 Å². The van der Waals surface area contributed by atoms with Crippen molar-refractivity contribution in [2.75, 3.05) is 13.6 Å². The third kappa shape index (κ3) is 4.07. The molecule has 0 spiro atoms. The molecule has 0 aromatic heterocycles. The van der Waals surface area contributed by atoms with Gasteiger partial charge < -0.3 is 10.6 Å². The Morgan fingerprint density at radius 3 is 2.61 bits per heavy atom. The first kappa shape index (κ1) is 15.1. The SMILES string of the molecule is Cc1cc(Br)cc(C(=O)N(C)CC(C)C(N)=S)c1. The highest BCUT2D eigenvalue weighted by atomic mass is 79.9. The van der Waals surface area contributed by atoms with Crippen LogP contribution in [-0.4, -0.2) is 29.4 Å². The summed E-state index contributed by atoms with van der Waals surface area (Å²) in [5.74, 6) is -0.00954. The Labute approximate surface area is 121 Å². The van der Waals surface area contributed by atoms with E-state index in [0.717, 1.165) is 10.0 Å². The first-order valence-corrected chi connectivity index (χ1v) is 6.83. The van der Waals surface area contributed by atoms with Crippen molar-refractivity contribution in [1.82, 2.24) is 4.90 Å². The molecule has 0 saturated heterocycles. The van der Waals surface area contributed by atoms with Crippen LogP contribution in [0.1, 0.15) is 22.8 Å². The van der Waals surface area contributed by atoms with E-state index < -0.39 is 0 Å². The Bertz CT molecular complexity index is 456. The number of nitrogens with two attached hydrogens (primary N) is 1. The number of halogens is 1. The van der Waals surface area contributed by atoms with E-state index in [2.05, 4.69) is 15.9 Å². The van der Waals surface area contributed by atoms with Crippen LogP contribution in [0.5, 0.6) is 0 Å². The van der Waals surface area contributed by atoms with Crippen molar-refractivity contribution >= 4 is 39.0 Å². The minimum Gasteiger partial charge on any atom is -0.393 e. The van der Waals surface area contributed by atoms with E-state index in [1.165, 1.54) is 0 Å². The van der Waals surface area contributed by atoms with Crippen LogP contribution in [0.4, 0.5) is 0 Å². The van der Waals surface area contributed by atoms with Crippen LogP contribution >= 0.6 is 28.1 Å². The lowest BCUT2D eigenvalue weighted by Gasteiger charge is -2.21. The van der Waals surface area contributed by atoms with Gasteiger partial charge in [-0.05, 0) is 30.7 Å². The van der Waals surface area contributed by atoms with E-state index in [4.69, 9.17) is 18.0 Å². The van der Waals surface area contributed by atoms with Gasteiger partial charge in [0.25, 0.3) is 5.91 Å². The van der Waals surface area contributed by atoms with E-state index in [1.54, 1.807) is 11.9 Å². The smallest absolute Gasteiger partial charge is 0.253 e. The second-order valence-corrected chi connectivity index (χ2v) is 5.89. The van der Waals surface area contributed by atoms with Crippen molar-refractivity contribution in [2.45, 2.75) is 13.8 Å². The van der Waals surface area contributed by atoms with Crippen molar-refractivity contribution in [2.24, 2.45) is 11.7 Å². The van der Waals surface area contributed by atoms with Gasteiger partial charge in [-0.15, -0.1) is 0 Å². The molecule has 1 amide bonds. The third-order valence-electron chi connectivity index (χ3n) is 2.67. The van der Waals surface area contributed by atoms with Gasteiger partial charge in [0.15, 0.2) is 0 Å². The second kappa shape index (κ2) is 6.29. The molecule has 0 saturated carbocycles. The molecule has 1 aromatic rings. The second-order valence-electron chi connectivity index (χ2n) is 4.51. The molecule has 1 aromatic carbocycles. The molecule has 1 unspecified atom stereocenters. The maximum Gasteiger partial charge on any atom is 0.253 e. The number of carbonyl (C=O) groups is 1. The molecule has 0 heterocycles. The van der Waals surface area contributed by atoms with Crippen LogP contribution in [0, 0.1) is 12.8 Å². The summed E-state index contributed by atoms with van der Waals surface area (Å²) < 4.78 is 0.904.